The fraction of sp³-hybridized carbons (Fsp3) is 0.471. The standard InChI is InChI=1S/C17H24N2O3.ClH/c1-4-17(5-2,11-18)19-16(20)13-9-12-7-6-8-14(21-3)15(12)22-10-13;/h6-9H,4-5,10-11,18H2,1-3H3,(H,19,20);1H. The van der Waals surface area contributed by atoms with Gasteiger partial charge in [-0.3, -0.25) is 4.79 Å². The lowest BCUT2D eigenvalue weighted by Crippen LogP contribution is -2.53. The smallest absolute Gasteiger partial charge is 0.251 e. The maximum atomic E-state index is 12.5. The minimum absolute atomic E-state index is 0. The number of amides is 1. The number of halogens is 1. The second-order valence-electron chi connectivity index (χ2n) is 5.48. The van der Waals surface area contributed by atoms with Gasteiger partial charge in [-0.05, 0) is 25.0 Å². The van der Waals surface area contributed by atoms with Crippen LogP contribution in [0.3, 0.4) is 0 Å². The maximum absolute atomic E-state index is 12.5. The highest BCUT2D eigenvalue weighted by Gasteiger charge is 2.29. The third-order valence-corrected chi connectivity index (χ3v) is 4.35. The first-order valence-electron chi connectivity index (χ1n) is 7.62. The molecule has 23 heavy (non-hydrogen) atoms. The molecule has 1 aromatic carbocycles. The summed E-state index contributed by atoms with van der Waals surface area (Å²) in [4.78, 5) is 12.5. The molecule has 0 atom stereocenters. The molecule has 0 aliphatic carbocycles. The van der Waals surface area contributed by atoms with Gasteiger partial charge in [0.2, 0.25) is 0 Å². The Labute approximate surface area is 143 Å². The molecule has 0 spiro atoms. The summed E-state index contributed by atoms with van der Waals surface area (Å²) in [6.45, 7) is 4.71. The van der Waals surface area contributed by atoms with E-state index in [1.807, 2.05) is 38.1 Å². The lowest BCUT2D eigenvalue weighted by atomic mass is 9.92. The fourth-order valence-corrected chi connectivity index (χ4v) is 2.56. The number of hydrogen-bond acceptors (Lipinski definition) is 4. The average molecular weight is 341 g/mol. The van der Waals surface area contributed by atoms with E-state index in [0.29, 0.717) is 23.6 Å². The Bertz CT molecular complexity index is 575. The lowest BCUT2D eigenvalue weighted by molar-refractivity contribution is -0.119. The van der Waals surface area contributed by atoms with Crippen molar-refractivity contribution in [2.75, 3.05) is 20.3 Å². The summed E-state index contributed by atoms with van der Waals surface area (Å²) in [6, 6.07) is 5.62. The van der Waals surface area contributed by atoms with Crippen molar-refractivity contribution in [1.29, 1.82) is 0 Å². The van der Waals surface area contributed by atoms with E-state index in [1.54, 1.807) is 7.11 Å². The van der Waals surface area contributed by atoms with Crippen LogP contribution < -0.4 is 20.5 Å². The molecule has 1 heterocycles. The van der Waals surface area contributed by atoms with Gasteiger partial charge in [0.05, 0.1) is 18.2 Å². The number of nitrogens with two attached hydrogens (primary N) is 1. The molecule has 0 radical (unpaired) electrons. The van der Waals surface area contributed by atoms with E-state index in [-0.39, 0.29) is 30.5 Å². The van der Waals surface area contributed by atoms with Gasteiger partial charge >= 0.3 is 0 Å². The zero-order chi connectivity index (χ0) is 16.2. The first-order valence-corrected chi connectivity index (χ1v) is 7.62. The molecule has 2 rings (SSSR count). The summed E-state index contributed by atoms with van der Waals surface area (Å²) >= 11 is 0. The number of carbonyl (C=O) groups is 1. The van der Waals surface area contributed by atoms with E-state index < -0.39 is 0 Å². The van der Waals surface area contributed by atoms with Crippen molar-refractivity contribution in [1.82, 2.24) is 5.32 Å². The molecular formula is C17H25ClN2O3. The number of carbonyl (C=O) groups excluding carboxylic acids is 1. The molecule has 0 saturated heterocycles. The van der Waals surface area contributed by atoms with Crippen molar-refractivity contribution >= 4 is 24.4 Å². The Balaban J connectivity index is 0.00000264. The lowest BCUT2D eigenvalue weighted by Gasteiger charge is -2.32. The van der Waals surface area contributed by atoms with Crippen LogP contribution in [0.5, 0.6) is 11.5 Å². The molecule has 0 aromatic heterocycles. The molecule has 0 saturated carbocycles. The van der Waals surface area contributed by atoms with Gasteiger partial charge in [-0.25, -0.2) is 0 Å². The van der Waals surface area contributed by atoms with Crippen LogP contribution in [0.4, 0.5) is 0 Å². The quantitative estimate of drug-likeness (QED) is 0.834. The minimum Gasteiger partial charge on any atom is -0.493 e. The number of fused-ring (bicyclic) bond motifs is 1. The summed E-state index contributed by atoms with van der Waals surface area (Å²) in [6.07, 6.45) is 3.44. The number of ether oxygens (including phenoxy) is 2. The van der Waals surface area contributed by atoms with Crippen LogP contribution in [0, 0.1) is 0 Å². The molecule has 1 aliphatic rings. The molecule has 1 amide bonds. The van der Waals surface area contributed by atoms with E-state index >= 15 is 0 Å². The first-order chi connectivity index (χ1) is 10.6. The Kier molecular flexibility index (Phi) is 6.91. The van der Waals surface area contributed by atoms with Crippen molar-refractivity contribution in [2.24, 2.45) is 5.73 Å². The molecule has 5 nitrogen and oxygen atoms in total. The van der Waals surface area contributed by atoms with E-state index in [4.69, 9.17) is 15.2 Å². The van der Waals surface area contributed by atoms with Crippen molar-refractivity contribution in [2.45, 2.75) is 32.2 Å². The Morgan fingerprint density at radius 3 is 2.65 bits per heavy atom. The van der Waals surface area contributed by atoms with Crippen LogP contribution in [0.2, 0.25) is 0 Å². The van der Waals surface area contributed by atoms with Gasteiger partial charge in [0.25, 0.3) is 5.91 Å². The highest BCUT2D eigenvalue weighted by atomic mass is 35.5. The summed E-state index contributed by atoms with van der Waals surface area (Å²) in [7, 11) is 1.60. The molecule has 6 heteroatoms. The topological polar surface area (TPSA) is 73.6 Å². The largest absolute Gasteiger partial charge is 0.493 e. The zero-order valence-corrected chi connectivity index (χ0v) is 14.7. The van der Waals surface area contributed by atoms with Crippen LogP contribution in [0.25, 0.3) is 6.08 Å². The van der Waals surface area contributed by atoms with Gasteiger partial charge in [-0.2, -0.15) is 0 Å². The summed E-state index contributed by atoms with van der Waals surface area (Å²) < 4.78 is 11.0. The molecule has 3 N–H and O–H groups in total. The summed E-state index contributed by atoms with van der Waals surface area (Å²) in [5, 5.41) is 3.07. The SMILES string of the molecule is CCC(CC)(CN)NC(=O)C1=Cc2cccc(OC)c2OC1.Cl. The number of nitrogens with one attached hydrogen (secondary N) is 1. The van der Waals surface area contributed by atoms with Gasteiger partial charge in [-0.1, -0.05) is 26.0 Å². The molecule has 128 valence electrons. The highest BCUT2D eigenvalue weighted by Crippen LogP contribution is 2.35. The van der Waals surface area contributed by atoms with Crippen molar-refractivity contribution in [3.8, 4) is 11.5 Å². The number of hydrogen-bond donors (Lipinski definition) is 2. The monoisotopic (exact) mass is 340 g/mol. The predicted octanol–water partition coefficient (Wildman–Crippen LogP) is 2.53. The van der Waals surface area contributed by atoms with Crippen LogP contribution in [-0.2, 0) is 4.79 Å². The first kappa shape index (κ1) is 19.3. The Morgan fingerprint density at radius 2 is 2.09 bits per heavy atom. The second kappa shape index (κ2) is 8.22. The number of rotatable bonds is 6. The Morgan fingerprint density at radius 1 is 1.39 bits per heavy atom. The van der Waals surface area contributed by atoms with Gasteiger partial charge < -0.3 is 20.5 Å². The molecule has 1 aliphatic heterocycles. The predicted molar refractivity (Wildman–Crippen MR) is 94.2 cm³/mol. The van der Waals surface area contributed by atoms with Crippen molar-refractivity contribution < 1.29 is 14.3 Å². The highest BCUT2D eigenvalue weighted by molar-refractivity contribution is 5.99. The van der Waals surface area contributed by atoms with Gasteiger partial charge in [0, 0.05) is 12.1 Å². The van der Waals surface area contributed by atoms with E-state index in [2.05, 4.69) is 5.32 Å². The van der Waals surface area contributed by atoms with Crippen LogP contribution >= 0.6 is 12.4 Å². The van der Waals surface area contributed by atoms with Gasteiger partial charge in [0.15, 0.2) is 11.5 Å². The molecule has 0 fully saturated rings. The summed E-state index contributed by atoms with van der Waals surface area (Å²) in [5.41, 5.74) is 6.93. The summed E-state index contributed by atoms with van der Waals surface area (Å²) in [5.74, 6) is 1.23. The van der Waals surface area contributed by atoms with E-state index in [1.165, 1.54) is 0 Å². The molecule has 0 bridgehead atoms. The van der Waals surface area contributed by atoms with E-state index in [9.17, 15) is 4.79 Å². The second-order valence-corrected chi connectivity index (χ2v) is 5.48. The third-order valence-electron chi connectivity index (χ3n) is 4.35. The third kappa shape index (κ3) is 3.98. The van der Waals surface area contributed by atoms with Crippen LogP contribution in [-0.4, -0.2) is 31.7 Å². The van der Waals surface area contributed by atoms with E-state index in [0.717, 1.165) is 18.4 Å². The average Bonchev–Trinajstić information content (AvgIpc) is 2.58. The minimum atomic E-state index is -0.355. The molecular weight excluding hydrogens is 316 g/mol. The Hall–Kier alpha value is -1.72. The van der Waals surface area contributed by atoms with Crippen molar-refractivity contribution in [3.63, 3.8) is 0 Å². The molecule has 0 unspecified atom stereocenters. The number of para-hydroxylation sites is 1. The van der Waals surface area contributed by atoms with Crippen molar-refractivity contribution in [3.05, 3.63) is 29.3 Å². The van der Waals surface area contributed by atoms with Gasteiger partial charge in [0.1, 0.15) is 6.61 Å². The van der Waals surface area contributed by atoms with Crippen LogP contribution in [0.1, 0.15) is 32.3 Å². The maximum Gasteiger partial charge on any atom is 0.251 e. The molecule has 1 aromatic rings. The number of methoxy groups -OCH3 is 1. The van der Waals surface area contributed by atoms with Crippen LogP contribution in [0.15, 0.2) is 23.8 Å². The normalized spacial score (nSPS) is 13.1. The zero-order valence-electron chi connectivity index (χ0n) is 13.8. The number of benzene rings is 1. The van der Waals surface area contributed by atoms with Gasteiger partial charge in [-0.15, -0.1) is 12.4 Å². The fourth-order valence-electron chi connectivity index (χ4n) is 2.56.